The molecule has 1 aromatic rings. The smallest absolute Gasteiger partial charge is 0.126 e. The van der Waals surface area contributed by atoms with Crippen molar-refractivity contribution in [1.82, 2.24) is 20.5 Å². The van der Waals surface area contributed by atoms with Gasteiger partial charge >= 0.3 is 0 Å². The number of allylic oxidation sites excluding steroid dienone is 2. The van der Waals surface area contributed by atoms with Crippen LogP contribution in [0.3, 0.4) is 0 Å². The van der Waals surface area contributed by atoms with Crippen molar-refractivity contribution in [1.29, 1.82) is 0 Å². The molecule has 3 N–H and O–H groups in total. The number of anilines is 1. The number of rotatable bonds is 10. The summed E-state index contributed by atoms with van der Waals surface area (Å²) >= 11 is 13.4. The SMILES string of the molecule is COCC(C)NC1CCC(Nc2cc(C3=C(Cl)C=CC(NCC4CCOCC4)N3C)c(Cl)cn2)CC1. The highest BCUT2D eigenvalue weighted by Crippen LogP contribution is 2.35. The van der Waals surface area contributed by atoms with E-state index in [4.69, 9.17) is 32.7 Å². The van der Waals surface area contributed by atoms with Gasteiger partial charge in [-0.1, -0.05) is 23.2 Å². The molecule has 2 aliphatic heterocycles. The number of methoxy groups -OCH3 is 1. The van der Waals surface area contributed by atoms with Crippen molar-refractivity contribution in [2.24, 2.45) is 5.92 Å². The second kappa shape index (κ2) is 13.4. The molecule has 2 atom stereocenters. The van der Waals surface area contributed by atoms with Gasteiger partial charge in [0.2, 0.25) is 0 Å². The summed E-state index contributed by atoms with van der Waals surface area (Å²) in [4.78, 5) is 6.75. The van der Waals surface area contributed by atoms with Gasteiger partial charge in [0.1, 0.15) is 5.82 Å². The van der Waals surface area contributed by atoms with E-state index in [0.29, 0.717) is 34.1 Å². The van der Waals surface area contributed by atoms with Crippen LogP contribution in [0.15, 0.2) is 29.4 Å². The number of pyridine rings is 1. The monoisotopic (exact) mass is 537 g/mol. The predicted octanol–water partition coefficient (Wildman–Crippen LogP) is 4.83. The third-order valence-corrected chi connectivity index (χ3v) is 8.11. The molecule has 4 rings (SSSR count). The van der Waals surface area contributed by atoms with Gasteiger partial charge in [-0.15, -0.1) is 0 Å². The van der Waals surface area contributed by atoms with E-state index in [1.54, 1.807) is 13.3 Å². The predicted molar refractivity (Wildman–Crippen MR) is 148 cm³/mol. The van der Waals surface area contributed by atoms with Gasteiger partial charge < -0.3 is 25.0 Å². The van der Waals surface area contributed by atoms with Crippen molar-refractivity contribution in [3.05, 3.63) is 40.0 Å². The first kappa shape index (κ1) is 27.7. The summed E-state index contributed by atoms with van der Waals surface area (Å²) in [6.45, 7) is 5.57. The van der Waals surface area contributed by atoms with Crippen LogP contribution < -0.4 is 16.0 Å². The van der Waals surface area contributed by atoms with E-state index in [-0.39, 0.29) is 6.17 Å². The molecule has 1 saturated carbocycles. The highest BCUT2D eigenvalue weighted by Gasteiger charge is 2.26. The summed E-state index contributed by atoms with van der Waals surface area (Å²) in [7, 11) is 3.81. The maximum Gasteiger partial charge on any atom is 0.126 e. The summed E-state index contributed by atoms with van der Waals surface area (Å²) < 4.78 is 10.8. The molecule has 7 nitrogen and oxygen atoms in total. The van der Waals surface area contributed by atoms with Crippen LogP contribution in [0, 0.1) is 5.92 Å². The van der Waals surface area contributed by atoms with E-state index in [1.165, 1.54) is 0 Å². The van der Waals surface area contributed by atoms with Crippen LogP contribution in [-0.4, -0.2) is 74.7 Å². The Labute approximate surface area is 226 Å². The standard InChI is InChI=1S/C27H41Cl2N5O2/c1-18(17-35-3)32-20-4-6-21(7-5-20)33-25-14-22(24(29)16-30-25)27-23(28)8-9-26(34(27)2)31-15-19-10-12-36-13-11-19/h8-9,14,16,18-21,26,31-32H,4-7,10-13,15,17H2,1-3H3,(H,30,33). The molecule has 0 amide bonds. The van der Waals surface area contributed by atoms with Crippen LogP contribution in [0.2, 0.25) is 5.02 Å². The van der Waals surface area contributed by atoms with Gasteiger partial charge in [0.15, 0.2) is 0 Å². The highest BCUT2D eigenvalue weighted by molar-refractivity contribution is 6.36. The molecule has 0 radical (unpaired) electrons. The van der Waals surface area contributed by atoms with Crippen LogP contribution in [0.5, 0.6) is 0 Å². The van der Waals surface area contributed by atoms with Crippen molar-refractivity contribution >= 4 is 34.7 Å². The molecule has 200 valence electrons. The zero-order valence-electron chi connectivity index (χ0n) is 21.7. The van der Waals surface area contributed by atoms with Gasteiger partial charge in [-0.05, 0) is 69.6 Å². The van der Waals surface area contributed by atoms with Crippen LogP contribution >= 0.6 is 23.2 Å². The second-order valence-electron chi connectivity index (χ2n) is 10.3. The van der Waals surface area contributed by atoms with Gasteiger partial charge in [-0.3, -0.25) is 5.32 Å². The number of nitrogens with one attached hydrogen (secondary N) is 3. The van der Waals surface area contributed by atoms with Gasteiger partial charge in [0.25, 0.3) is 0 Å². The molecule has 3 heterocycles. The summed E-state index contributed by atoms with van der Waals surface area (Å²) in [5.74, 6) is 1.48. The van der Waals surface area contributed by atoms with E-state index in [9.17, 15) is 0 Å². The minimum Gasteiger partial charge on any atom is -0.383 e. The number of aromatic nitrogens is 1. The molecule has 0 bridgehead atoms. The Bertz CT molecular complexity index is 913. The van der Waals surface area contributed by atoms with E-state index in [0.717, 1.165) is 82.0 Å². The maximum atomic E-state index is 6.71. The molecule has 3 aliphatic rings. The molecular formula is C27H41Cl2N5O2. The van der Waals surface area contributed by atoms with Crippen molar-refractivity contribution in [3.8, 4) is 0 Å². The molecule has 0 aromatic carbocycles. The lowest BCUT2D eigenvalue weighted by Crippen LogP contribution is -2.45. The largest absolute Gasteiger partial charge is 0.383 e. The average molecular weight is 539 g/mol. The minimum atomic E-state index is 0.0502. The Morgan fingerprint density at radius 3 is 2.58 bits per heavy atom. The first-order chi connectivity index (χ1) is 17.4. The Hall–Kier alpha value is -1.35. The van der Waals surface area contributed by atoms with Gasteiger partial charge in [-0.25, -0.2) is 4.98 Å². The van der Waals surface area contributed by atoms with Crippen molar-refractivity contribution < 1.29 is 9.47 Å². The van der Waals surface area contributed by atoms with Gasteiger partial charge in [0.05, 0.1) is 28.5 Å². The first-order valence-corrected chi connectivity index (χ1v) is 14.0. The quantitative estimate of drug-likeness (QED) is 0.394. The van der Waals surface area contributed by atoms with Crippen LogP contribution in [0.25, 0.3) is 5.70 Å². The normalized spacial score (nSPS) is 26.4. The van der Waals surface area contributed by atoms with Crippen molar-refractivity contribution in [2.75, 3.05) is 45.8 Å². The first-order valence-electron chi connectivity index (χ1n) is 13.2. The lowest BCUT2D eigenvalue weighted by molar-refractivity contribution is 0.0646. The Morgan fingerprint density at radius 1 is 1.14 bits per heavy atom. The average Bonchev–Trinajstić information content (AvgIpc) is 2.87. The Kier molecular flexibility index (Phi) is 10.3. The summed E-state index contributed by atoms with van der Waals surface area (Å²) in [6, 6.07) is 3.35. The number of hydrogen-bond donors (Lipinski definition) is 3. The molecule has 1 saturated heterocycles. The van der Waals surface area contributed by atoms with E-state index in [2.05, 4.69) is 45.9 Å². The number of halogens is 2. The minimum absolute atomic E-state index is 0.0502. The molecule has 2 fully saturated rings. The second-order valence-corrected chi connectivity index (χ2v) is 11.2. The van der Waals surface area contributed by atoms with Crippen molar-refractivity contribution in [3.63, 3.8) is 0 Å². The van der Waals surface area contributed by atoms with E-state index < -0.39 is 0 Å². The van der Waals surface area contributed by atoms with Crippen molar-refractivity contribution in [2.45, 2.75) is 69.7 Å². The number of ether oxygens (including phenoxy) is 2. The lowest BCUT2D eigenvalue weighted by atomic mass is 9.90. The molecule has 2 unspecified atom stereocenters. The fourth-order valence-electron chi connectivity index (χ4n) is 5.47. The molecule has 9 heteroatoms. The summed E-state index contributed by atoms with van der Waals surface area (Å²) in [6.07, 6.45) is 12.5. The van der Waals surface area contributed by atoms with E-state index in [1.807, 2.05) is 12.1 Å². The van der Waals surface area contributed by atoms with Crippen LogP contribution in [0.4, 0.5) is 5.82 Å². The lowest BCUT2D eigenvalue weighted by Gasteiger charge is -2.36. The van der Waals surface area contributed by atoms with Crippen LogP contribution in [0.1, 0.15) is 51.0 Å². The fraction of sp³-hybridized carbons (Fsp3) is 0.667. The molecule has 1 aliphatic carbocycles. The van der Waals surface area contributed by atoms with Gasteiger partial charge in [-0.2, -0.15) is 0 Å². The molecule has 36 heavy (non-hydrogen) atoms. The van der Waals surface area contributed by atoms with E-state index >= 15 is 0 Å². The highest BCUT2D eigenvalue weighted by atomic mass is 35.5. The zero-order valence-corrected chi connectivity index (χ0v) is 23.2. The van der Waals surface area contributed by atoms with Gasteiger partial charge in [0, 0.05) is 63.8 Å². The third-order valence-electron chi connectivity index (χ3n) is 7.50. The third kappa shape index (κ3) is 7.36. The fourth-order valence-corrected chi connectivity index (χ4v) is 5.97. The molecule has 1 aromatic heterocycles. The Morgan fingerprint density at radius 2 is 1.86 bits per heavy atom. The zero-order chi connectivity index (χ0) is 25.5. The number of nitrogens with zero attached hydrogens (tertiary/aromatic N) is 2. The van der Waals surface area contributed by atoms with Crippen LogP contribution in [-0.2, 0) is 9.47 Å². The topological polar surface area (TPSA) is 70.7 Å². The summed E-state index contributed by atoms with van der Waals surface area (Å²) in [5, 5.41) is 12.3. The Balaban J connectivity index is 1.37. The number of hydrogen-bond acceptors (Lipinski definition) is 7. The molecular weight excluding hydrogens is 497 g/mol. The number of likely N-dealkylation sites (N-methyl/N-ethyl adjacent to an activating group) is 1. The molecule has 0 spiro atoms. The maximum absolute atomic E-state index is 6.71. The summed E-state index contributed by atoms with van der Waals surface area (Å²) in [5.41, 5.74) is 1.81.